The monoisotopic (exact) mass is 433 g/mol. The van der Waals surface area contributed by atoms with Crippen LogP contribution in [-0.2, 0) is 11.3 Å². The van der Waals surface area contributed by atoms with E-state index in [0.717, 1.165) is 16.6 Å². The Bertz CT molecular complexity index is 1270. The minimum atomic E-state index is -0.321. The predicted molar refractivity (Wildman–Crippen MR) is 123 cm³/mol. The predicted octanol–water partition coefficient (Wildman–Crippen LogP) is 3.29. The van der Waals surface area contributed by atoms with Gasteiger partial charge >= 0.3 is 6.03 Å². The van der Waals surface area contributed by atoms with Crippen LogP contribution in [0.1, 0.15) is 25.7 Å². The number of fused-ring (bicyclic) bond motifs is 2. The molecule has 3 heterocycles. The summed E-state index contributed by atoms with van der Waals surface area (Å²) in [4.78, 5) is 26.4. The highest BCUT2D eigenvalue weighted by atomic mass is 16.2. The fourth-order valence-corrected chi connectivity index (χ4v) is 3.61. The highest BCUT2D eigenvalue weighted by Gasteiger charge is 2.23. The Hall–Kier alpha value is -3.88. The van der Waals surface area contributed by atoms with Crippen LogP contribution in [0, 0.1) is 5.92 Å². The second kappa shape index (κ2) is 8.70. The molecule has 1 unspecified atom stereocenters. The Morgan fingerprint density at radius 1 is 1.06 bits per heavy atom. The van der Waals surface area contributed by atoms with E-state index in [1.54, 1.807) is 19.0 Å². The van der Waals surface area contributed by atoms with Gasteiger partial charge < -0.3 is 20.1 Å². The van der Waals surface area contributed by atoms with Crippen molar-refractivity contribution in [2.24, 2.45) is 5.92 Å². The number of amides is 3. The molecular formula is C23H27N7O2. The third-order valence-corrected chi connectivity index (χ3v) is 5.40. The Kier molecular flexibility index (Phi) is 5.81. The van der Waals surface area contributed by atoms with Crippen LogP contribution in [0.25, 0.3) is 16.6 Å². The number of hydrogen-bond acceptors (Lipinski definition) is 4. The largest absolute Gasteiger partial charge is 0.347 e. The lowest BCUT2D eigenvalue weighted by molar-refractivity contribution is -0.129. The van der Waals surface area contributed by atoms with Crippen molar-refractivity contribution in [2.45, 2.75) is 26.4 Å². The summed E-state index contributed by atoms with van der Waals surface area (Å²) in [5, 5.41) is 15.4. The number of aromatic nitrogens is 4. The average molecular weight is 434 g/mol. The van der Waals surface area contributed by atoms with Gasteiger partial charge in [-0.15, -0.1) is 10.2 Å². The van der Waals surface area contributed by atoms with Crippen molar-refractivity contribution >= 4 is 34.2 Å². The molecule has 1 aromatic carbocycles. The summed E-state index contributed by atoms with van der Waals surface area (Å²) in [6, 6.07) is 12.6. The number of likely N-dealkylation sites (N-methyl/N-ethyl adjacent to an activating group) is 1. The van der Waals surface area contributed by atoms with Gasteiger partial charge in [0.25, 0.3) is 0 Å². The molecule has 0 aliphatic heterocycles. The average Bonchev–Trinajstić information content (AvgIpc) is 3.36. The first-order chi connectivity index (χ1) is 15.3. The molecule has 4 rings (SSSR count). The molecule has 4 aromatic rings. The smallest absolute Gasteiger partial charge is 0.319 e. The molecule has 2 N–H and O–H groups in total. The van der Waals surface area contributed by atoms with E-state index in [0.29, 0.717) is 11.5 Å². The molecule has 9 heteroatoms. The molecule has 32 heavy (non-hydrogen) atoms. The van der Waals surface area contributed by atoms with Gasteiger partial charge in [-0.05, 0) is 42.3 Å². The normalized spacial score (nSPS) is 12.3. The van der Waals surface area contributed by atoms with Crippen LogP contribution >= 0.6 is 0 Å². The van der Waals surface area contributed by atoms with Crippen molar-refractivity contribution in [1.82, 2.24) is 29.4 Å². The highest BCUT2D eigenvalue weighted by Crippen LogP contribution is 2.23. The lowest BCUT2D eigenvalue weighted by Gasteiger charge is -2.21. The number of benzene rings is 1. The van der Waals surface area contributed by atoms with Gasteiger partial charge in [0.2, 0.25) is 5.91 Å². The van der Waals surface area contributed by atoms with E-state index in [2.05, 4.69) is 20.8 Å². The first kappa shape index (κ1) is 21.4. The van der Waals surface area contributed by atoms with Gasteiger partial charge in [0.05, 0.1) is 6.04 Å². The number of hydrogen-bond donors (Lipinski definition) is 2. The molecule has 0 spiro atoms. The number of nitrogens with one attached hydrogen (secondary N) is 2. The van der Waals surface area contributed by atoms with Crippen LogP contribution in [0.15, 0.2) is 54.9 Å². The molecule has 0 aliphatic rings. The van der Waals surface area contributed by atoms with Gasteiger partial charge in [-0.3, -0.25) is 9.20 Å². The van der Waals surface area contributed by atoms with Gasteiger partial charge in [0, 0.05) is 43.1 Å². The number of urea groups is 1. The van der Waals surface area contributed by atoms with Crippen LogP contribution in [0.5, 0.6) is 0 Å². The number of nitrogens with zero attached hydrogens (tertiary/aromatic N) is 5. The molecular weight excluding hydrogens is 406 g/mol. The van der Waals surface area contributed by atoms with Crippen LogP contribution < -0.4 is 10.6 Å². The van der Waals surface area contributed by atoms with Crippen molar-refractivity contribution in [3.05, 3.63) is 60.7 Å². The van der Waals surface area contributed by atoms with Crippen molar-refractivity contribution < 1.29 is 9.59 Å². The maximum atomic E-state index is 12.8. The molecule has 9 nitrogen and oxygen atoms in total. The zero-order chi connectivity index (χ0) is 22.8. The molecule has 0 aliphatic carbocycles. The van der Waals surface area contributed by atoms with E-state index in [9.17, 15) is 9.59 Å². The second-order valence-electron chi connectivity index (χ2n) is 8.31. The quantitative estimate of drug-likeness (QED) is 0.488. The number of carbonyl (C=O) groups excluding carboxylic acids is 2. The van der Waals surface area contributed by atoms with E-state index in [-0.39, 0.29) is 30.4 Å². The Morgan fingerprint density at radius 2 is 1.88 bits per heavy atom. The molecule has 166 valence electrons. The van der Waals surface area contributed by atoms with E-state index in [4.69, 9.17) is 0 Å². The highest BCUT2D eigenvalue weighted by molar-refractivity contribution is 5.93. The third kappa shape index (κ3) is 4.27. The SMILES string of the molecule is CC(C)C(NC(=O)Nc1ccc2c(ccn2CC(=O)N(C)C)c1)c1nnc2ccccn12. The summed E-state index contributed by atoms with van der Waals surface area (Å²) >= 11 is 0. The number of rotatable bonds is 6. The van der Waals surface area contributed by atoms with Crippen molar-refractivity contribution in [3.63, 3.8) is 0 Å². The van der Waals surface area contributed by atoms with E-state index < -0.39 is 0 Å². The van der Waals surface area contributed by atoms with Crippen LogP contribution in [0.2, 0.25) is 0 Å². The summed E-state index contributed by atoms with van der Waals surface area (Å²) in [6.07, 6.45) is 3.76. The summed E-state index contributed by atoms with van der Waals surface area (Å²) in [7, 11) is 3.48. The zero-order valence-corrected chi connectivity index (χ0v) is 18.6. The van der Waals surface area contributed by atoms with Crippen molar-refractivity contribution in [2.75, 3.05) is 19.4 Å². The standard InChI is InChI=1S/C23H27N7O2/c1-15(2)21(22-27-26-19-7-5-6-11-30(19)22)25-23(32)24-17-8-9-18-16(13-17)10-12-29(18)14-20(31)28(3)4/h5-13,15,21H,14H2,1-4H3,(H2,24,25,32). The molecule has 0 bridgehead atoms. The molecule has 0 saturated carbocycles. The molecule has 1 atom stereocenters. The van der Waals surface area contributed by atoms with Gasteiger partial charge in [-0.1, -0.05) is 19.9 Å². The summed E-state index contributed by atoms with van der Waals surface area (Å²) < 4.78 is 3.78. The van der Waals surface area contributed by atoms with Crippen LogP contribution in [0.4, 0.5) is 10.5 Å². The first-order valence-electron chi connectivity index (χ1n) is 10.5. The van der Waals surface area contributed by atoms with Gasteiger partial charge in [-0.2, -0.15) is 0 Å². The van der Waals surface area contributed by atoms with E-state index >= 15 is 0 Å². The topological polar surface area (TPSA) is 96.6 Å². The van der Waals surface area contributed by atoms with Gasteiger partial charge in [0.15, 0.2) is 11.5 Å². The Labute approximate surface area is 186 Å². The number of pyridine rings is 1. The number of anilines is 1. The van der Waals surface area contributed by atoms with E-state index in [1.807, 2.05) is 77.7 Å². The Balaban J connectivity index is 1.49. The summed E-state index contributed by atoms with van der Waals surface area (Å²) in [5.41, 5.74) is 2.33. The fourth-order valence-electron chi connectivity index (χ4n) is 3.61. The molecule has 0 fully saturated rings. The Morgan fingerprint density at radius 3 is 2.62 bits per heavy atom. The second-order valence-corrected chi connectivity index (χ2v) is 8.31. The third-order valence-electron chi connectivity index (χ3n) is 5.40. The summed E-state index contributed by atoms with van der Waals surface area (Å²) in [5.74, 6) is 0.813. The summed E-state index contributed by atoms with van der Waals surface area (Å²) in [6.45, 7) is 4.32. The first-order valence-corrected chi connectivity index (χ1v) is 10.5. The maximum absolute atomic E-state index is 12.8. The van der Waals surface area contributed by atoms with Crippen LogP contribution in [-0.4, -0.2) is 50.1 Å². The molecule has 0 radical (unpaired) electrons. The lowest BCUT2D eigenvalue weighted by Crippen LogP contribution is -2.36. The minimum absolute atomic E-state index is 0.0183. The lowest BCUT2D eigenvalue weighted by atomic mass is 10.0. The zero-order valence-electron chi connectivity index (χ0n) is 18.6. The minimum Gasteiger partial charge on any atom is -0.347 e. The van der Waals surface area contributed by atoms with Gasteiger partial charge in [-0.25, -0.2) is 4.79 Å². The maximum Gasteiger partial charge on any atom is 0.319 e. The fraction of sp³-hybridized carbons (Fsp3) is 0.304. The molecule has 3 aromatic heterocycles. The van der Waals surface area contributed by atoms with E-state index in [1.165, 1.54) is 0 Å². The van der Waals surface area contributed by atoms with Crippen LogP contribution in [0.3, 0.4) is 0 Å². The van der Waals surface area contributed by atoms with Gasteiger partial charge in [0.1, 0.15) is 6.54 Å². The van der Waals surface area contributed by atoms with Crippen molar-refractivity contribution in [3.8, 4) is 0 Å². The van der Waals surface area contributed by atoms with Crippen molar-refractivity contribution in [1.29, 1.82) is 0 Å². The molecule has 3 amide bonds. The number of carbonyl (C=O) groups is 2. The molecule has 0 saturated heterocycles.